The van der Waals surface area contributed by atoms with Gasteiger partial charge in [-0.25, -0.2) is 15.0 Å². The molecule has 0 aliphatic heterocycles. The van der Waals surface area contributed by atoms with Gasteiger partial charge in [-0.1, -0.05) is 0 Å². The predicted molar refractivity (Wildman–Crippen MR) is 45.2 cm³/mol. The summed E-state index contributed by atoms with van der Waals surface area (Å²) in [5.74, 6) is 1.36. The lowest BCUT2D eigenvalue weighted by Crippen LogP contribution is -1.98. The molecule has 0 amide bonds. The topological polar surface area (TPSA) is 76.2 Å². The zero-order chi connectivity index (χ0) is 8.27. The van der Waals surface area contributed by atoms with Gasteiger partial charge in [0.15, 0.2) is 11.6 Å². The van der Waals surface area contributed by atoms with E-state index in [4.69, 9.17) is 5.73 Å². The molecule has 11 heavy (non-hydrogen) atoms. The maximum Gasteiger partial charge on any atom is 0.194 e. The summed E-state index contributed by atoms with van der Waals surface area (Å²) in [4.78, 5) is 11.5. The number of nitrogen functional groups attached to an aromatic ring is 1. The van der Waals surface area contributed by atoms with Gasteiger partial charge in [0, 0.05) is 7.05 Å². The van der Waals surface area contributed by atoms with Gasteiger partial charge >= 0.3 is 0 Å². The number of hydrogen-bond acceptors (Lipinski definition) is 5. The fraction of sp³-hybridized carbons (Fsp3) is 0.167. The standard InChI is InChI=1S/C6H9N5/c1-8-5-6(9-2)11-4(7)3-10-5/h3H,1H2,2H3,(H3,7,9,11). The molecule has 1 aromatic heterocycles. The number of nitrogens with zero attached hydrogens (tertiary/aromatic N) is 3. The highest BCUT2D eigenvalue weighted by Gasteiger charge is 2.00. The van der Waals surface area contributed by atoms with Gasteiger partial charge in [-0.2, -0.15) is 0 Å². The zero-order valence-corrected chi connectivity index (χ0v) is 6.20. The fourth-order valence-corrected chi connectivity index (χ4v) is 0.680. The van der Waals surface area contributed by atoms with E-state index in [0.29, 0.717) is 17.5 Å². The van der Waals surface area contributed by atoms with Crippen molar-refractivity contribution >= 4 is 24.2 Å². The van der Waals surface area contributed by atoms with Crippen LogP contribution in [0, 0.1) is 0 Å². The predicted octanol–water partition coefficient (Wildman–Crippen LogP) is 0.433. The molecule has 0 aliphatic rings. The fourth-order valence-electron chi connectivity index (χ4n) is 0.680. The smallest absolute Gasteiger partial charge is 0.194 e. The Morgan fingerprint density at radius 2 is 2.45 bits per heavy atom. The van der Waals surface area contributed by atoms with Crippen molar-refractivity contribution in [1.82, 2.24) is 9.97 Å². The van der Waals surface area contributed by atoms with Crippen LogP contribution in [-0.4, -0.2) is 23.7 Å². The lowest BCUT2D eigenvalue weighted by molar-refractivity contribution is 1.18. The molecule has 0 unspecified atom stereocenters. The Hall–Kier alpha value is -1.65. The SMILES string of the molecule is C=Nc1ncc(N)nc1NC. The Labute approximate surface area is 64.4 Å². The first-order valence-electron chi connectivity index (χ1n) is 3.05. The number of nitrogens with one attached hydrogen (secondary N) is 1. The number of rotatable bonds is 2. The van der Waals surface area contributed by atoms with Crippen molar-refractivity contribution < 1.29 is 0 Å². The van der Waals surface area contributed by atoms with Crippen molar-refractivity contribution in [2.24, 2.45) is 4.99 Å². The number of aliphatic imine (C=N–C) groups is 1. The maximum absolute atomic E-state index is 5.38. The Balaban J connectivity index is 3.16. The van der Waals surface area contributed by atoms with E-state index in [9.17, 15) is 0 Å². The molecule has 3 N–H and O–H groups in total. The first-order valence-corrected chi connectivity index (χ1v) is 3.05. The number of anilines is 2. The van der Waals surface area contributed by atoms with Crippen LogP contribution in [0.4, 0.5) is 17.5 Å². The summed E-state index contributed by atoms with van der Waals surface area (Å²) in [6.45, 7) is 3.34. The highest BCUT2D eigenvalue weighted by Crippen LogP contribution is 2.18. The van der Waals surface area contributed by atoms with Crippen molar-refractivity contribution in [3.63, 3.8) is 0 Å². The van der Waals surface area contributed by atoms with Crippen LogP contribution >= 0.6 is 0 Å². The average molecular weight is 151 g/mol. The van der Waals surface area contributed by atoms with Crippen molar-refractivity contribution in [2.45, 2.75) is 0 Å². The minimum absolute atomic E-state index is 0.363. The molecule has 1 heterocycles. The summed E-state index contributed by atoms with van der Waals surface area (Å²) in [7, 11) is 1.72. The van der Waals surface area contributed by atoms with Crippen LogP contribution in [-0.2, 0) is 0 Å². The van der Waals surface area contributed by atoms with Gasteiger partial charge < -0.3 is 11.1 Å². The van der Waals surface area contributed by atoms with E-state index < -0.39 is 0 Å². The number of hydrogen-bond donors (Lipinski definition) is 2. The van der Waals surface area contributed by atoms with E-state index >= 15 is 0 Å². The van der Waals surface area contributed by atoms with E-state index in [1.54, 1.807) is 7.05 Å². The highest BCUT2D eigenvalue weighted by atomic mass is 15.1. The summed E-state index contributed by atoms with van der Waals surface area (Å²) in [6.07, 6.45) is 1.44. The molecule has 58 valence electrons. The van der Waals surface area contributed by atoms with Crippen LogP contribution in [0.25, 0.3) is 0 Å². The van der Waals surface area contributed by atoms with E-state index in [-0.39, 0.29) is 0 Å². The van der Waals surface area contributed by atoms with Gasteiger partial charge in [-0.15, -0.1) is 0 Å². The van der Waals surface area contributed by atoms with Crippen LogP contribution in [0.5, 0.6) is 0 Å². The molecule has 5 nitrogen and oxygen atoms in total. The minimum Gasteiger partial charge on any atom is -0.382 e. The molecule has 0 radical (unpaired) electrons. The number of aromatic nitrogens is 2. The lowest BCUT2D eigenvalue weighted by Gasteiger charge is -2.01. The zero-order valence-electron chi connectivity index (χ0n) is 6.20. The molecular formula is C6H9N5. The van der Waals surface area contributed by atoms with Crippen molar-refractivity contribution in [1.29, 1.82) is 0 Å². The third-order valence-corrected chi connectivity index (χ3v) is 1.16. The van der Waals surface area contributed by atoms with Crippen LogP contribution in [0.2, 0.25) is 0 Å². The van der Waals surface area contributed by atoms with Crippen LogP contribution in [0.3, 0.4) is 0 Å². The molecule has 0 fully saturated rings. The quantitative estimate of drug-likeness (QED) is 0.601. The third-order valence-electron chi connectivity index (χ3n) is 1.16. The Morgan fingerprint density at radius 1 is 1.73 bits per heavy atom. The molecule has 0 aromatic carbocycles. The second kappa shape index (κ2) is 2.96. The molecule has 0 spiro atoms. The van der Waals surface area contributed by atoms with Gasteiger partial charge in [0.2, 0.25) is 0 Å². The summed E-state index contributed by atoms with van der Waals surface area (Å²) in [6, 6.07) is 0. The molecule has 0 saturated carbocycles. The summed E-state index contributed by atoms with van der Waals surface area (Å²) >= 11 is 0. The Kier molecular flexibility index (Phi) is 2.00. The van der Waals surface area contributed by atoms with Gasteiger partial charge in [0.25, 0.3) is 0 Å². The van der Waals surface area contributed by atoms with Gasteiger partial charge in [0.1, 0.15) is 5.82 Å². The number of nitrogens with two attached hydrogens (primary N) is 1. The second-order valence-electron chi connectivity index (χ2n) is 1.88. The molecule has 0 atom stereocenters. The molecule has 5 heteroatoms. The largest absolute Gasteiger partial charge is 0.382 e. The van der Waals surface area contributed by atoms with E-state index in [1.165, 1.54) is 6.20 Å². The van der Waals surface area contributed by atoms with E-state index in [0.717, 1.165) is 0 Å². The van der Waals surface area contributed by atoms with Gasteiger partial charge in [-0.3, -0.25) is 0 Å². The molecule has 1 rings (SSSR count). The Morgan fingerprint density at radius 3 is 3.00 bits per heavy atom. The van der Waals surface area contributed by atoms with E-state index in [2.05, 4.69) is 27.0 Å². The van der Waals surface area contributed by atoms with Crippen molar-refractivity contribution in [2.75, 3.05) is 18.1 Å². The average Bonchev–Trinajstić information content (AvgIpc) is 2.04. The molecule has 0 saturated heterocycles. The highest BCUT2D eigenvalue weighted by molar-refractivity contribution is 5.60. The third kappa shape index (κ3) is 1.43. The first kappa shape index (κ1) is 7.46. The van der Waals surface area contributed by atoms with Crippen LogP contribution < -0.4 is 11.1 Å². The minimum atomic E-state index is 0.363. The summed E-state index contributed by atoms with van der Waals surface area (Å²) < 4.78 is 0. The lowest BCUT2D eigenvalue weighted by atomic mass is 10.5. The molecule has 0 aliphatic carbocycles. The summed E-state index contributed by atoms with van der Waals surface area (Å²) in [5.41, 5.74) is 5.38. The normalized spacial score (nSPS) is 9.18. The first-order chi connectivity index (χ1) is 5.27. The molecule has 0 bridgehead atoms. The van der Waals surface area contributed by atoms with Crippen molar-refractivity contribution in [3.05, 3.63) is 6.20 Å². The monoisotopic (exact) mass is 151 g/mol. The van der Waals surface area contributed by atoms with Crippen LogP contribution in [0.1, 0.15) is 0 Å². The molecular weight excluding hydrogens is 142 g/mol. The Bertz CT molecular complexity index is 270. The second-order valence-corrected chi connectivity index (χ2v) is 1.88. The van der Waals surface area contributed by atoms with Crippen LogP contribution in [0.15, 0.2) is 11.2 Å². The molecule has 1 aromatic rings. The van der Waals surface area contributed by atoms with Gasteiger partial charge in [0.05, 0.1) is 6.20 Å². The summed E-state index contributed by atoms with van der Waals surface area (Å²) in [5, 5.41) is 2.80. The van der Waals surface area contributed by atoms with Gasteiger partial charge in [-0.05, 0) is 6.72 Å². The van der Waals surface area contributed by atoms with Crippen molar-refractivity contribution in [3.8, 4) is 0 Å². The van der Waals surface area contributed by atoms with E-state index in [1.807, 2.05) is 0 Å². The maximum atomic E-state index is 5.38.